The van der Waals surface area contributed by atoms with Gasteiger partial charge >= 0.3 is 5.97 Å². The van der Waals surface area contributed by atoms with Gasteiger partial charge in [-0.15, -0.1) is 0 Å². The fourth-order valence-electron chi connectivity index (χ4n) is 2.28. The SMILES string of the molecule is CC.CC(C)(C)OC(=O)C(N)c1cc(N)c(C(=O)c2ccccc2)cc1Cl. The molecule has 0 saturated heterocycles. The Bertz CT molecular complexity index is 799. The van der Waals surface area contributed by atoms with Gasteiger partial charge in [0.15, 0.2) is 5.78 Å². The molecule has 0 aliphatic rings. The summed E-state index contributed by atoms with van der Waals surface area (Å²) in [5.74, 6) is -0.867. The molecule has 146 valence electrons. The third-order valence-corrected chi connectivity index (χ3v) is 3.77. The van der Waals surface area contributed by atoms with Crippen LogP contribution in [0.3, 0.4) is 0 Å². The molecule has 27 heavy (non-hydrogen) atoms. The minimum absolute atomic E-state index is 0.187. The number of nitrogen functional groups attached to an aromatic ring is 1. The van der Waals surface area contributed by atoms with Crippen molar-refractivity contribution in [2.75, 3.05) is 5.73 Å². The van der Waals surface area contributed by atoms with Gasteiger partial charge in [0.05, 0.1) is 0 Å². The number of carbonyl (C=O) groups excluding carboxylic acids is 2. The van der Waals surface area contributed by atoms with Crippen LogP contribution in [0.15, 0.2) is 42.5 Å². The van der Waals surface area contributed by atoms with Crippen LogP contribution >= 0.6 is 11.6 Å². The van der Waals surface area contributed by atoms with Gasteiger partial charge in [-0.05, 0) is 32.9 Å². The van der Waals surface area contributed by atoms with Gasteiger partial charge in [-0.1, -0.05) is 55.8 Å². The van der Waals surface area contributed by atoms with Gasteiger partial charge < -0.3 is 16.2 Å². The van der Waals surface area contributed by atoms with Crippen molar-refractivity contribution in [3.63, 3.8) is 0 Å². The number of esters is 1. The van der Waals surface area contributed by atoms with Crippen molar-refractivity contribution in [1.29, 1.82) is 0 Å². The monoisotopic (exact) mass is 390 g/mol. The van der Waals surface area contributed by atoms with Gasteiger partial charge in [-0.2, -0.15) is 0 Å². The van der Waals surface area contributed by atoms with Crippen LogP contribution in [0.25, 0.3) is 0 Å². The van der Waals surface area contributed by atoms with E-state index in [1.165, 1.54) is 12.1 Å². The molecule has 2 aromatic rings. The lowest BCUT2D eigenvalue weighted by Crippen LogP contribution is -2.31. The second-order valence-corrected chi connectivity index (χ2v) is 7.07. The van der Waals surface area contributed by atoms with Crippen LogP contribution in [0.1, 0.15) is 62.1 Å². The van der Waals surface area contributed by atoms with Crippen molar-refractivity contribution in [2.45, 2.75) is 46.3 Å². The molecule has 0 fully saturated rings. The predicted octanol–water partition coefficient (Wildman–Crippen LogP) is 4.52. The minimum Gasteiger partial charge on any atom is -0.459 e. The number of ether oxygens (including phenoxy) is 1. The first kappa shape index (κ1) is 22.7. The second-order valence-electron chi connectivity index (χ2n) is 6.67. The van der Waals surface area contributed by atoms with Gasteiger partial charge in [0, 0.05) is 27.4 Å². The first-order valence-corrected chi connectivity index (χ1v) is 9.15. The Morgan fingerprint density at radius 1 is 1.07 bits per heavy atom. The number of ketones is 1. The highest BCUT2D eigenvalue weighted by molar-refractivity contribution is 6.32. The summed E-state index contributed by atoms with van der Waals surface area (Å²) in [6.07, 6.45) is 0. The normalized spacial score (nSPS) is 11.8. The first-order valence-electron chi connectivity index (χ1n) is 8.77. The highest BCUT2D eigenvalue weighted by atomic mass is 35.5. The predicted molar refractivity (Wildman–Crippen MR) is 110 cm³/mol. The number of nitrogens with two attached hydrogens (primary N) is 2. The third-order valence-electron chi connectivity index (χ3n) is 3.45. The number of carbonyl (C=O) groups is 2. The molecule has 0 aliphatic heterocycles. The van der Waals surface area contributed by atoms with Crippen LogP contribution in [-0.2, 0) is 9.53 Å². The van der Waals surface area contributed by atoms with Crippen molar-refractivity contribution in [1.82, 2.24) is 0 Å². The summed E-state index contributed by atoms with van der Waals surface area (Å²) in [6.45, 7) is 9.24. The van der Waals surface area contributed by atoms with Gasteiger partial charge in [0.2, 0.25) is 0 Å². The molecule has 5 nitrogen and oxygen atoms in total. The molecule has 2 rings (SSSR count). The zero-order valence-corrected chi connectivity index (χ0v) is 17.1. The van der Waals surface area contributed by atoms with E-state index in [0.29, 0.717) is 11.1 Å². The van der Waals surface area contributed by atoms with E-state index in [2.05, 4.69) is 0 Å². The molecule has 4 N–H and O–H groups in total. The lowest BCUT2D eigenvalue weighted by molar-refractivity contribution is -0.156. The standard InChI is InChI=1S/C19H21ClN2O3.C2H6/c1-19(2,3)25-18(24)16(22)12-10-15(21)13(9-14(12)20)17(23)11-7-5-4-6-8-11;1-2/h4-10,16H,21-22H2,1-3H3;1-2H3. The van der Waals surface area contributed by atoms with Gasteiger partial charge in [0.1, 0.15) is 11.6 Å². The highest BCUT2D eigenvalue weighted by Crippen LogP contribution is 2.30. The van der Waals surface area contributed by atoms with E-state index in [1.54, 1.807) is 45.0 Å². The quantitative estimate of drug-likeness (QED) is 0.454. The Labute approximate surface area is 165 Å². The molecule has 0 saturated carbocycles. The number of hydrogen-bond acceptors (Lipinski definition) is 5. The molecule has 1 unspecified atom stereocenters. The maximum Gasteiger partial charge on any atom is 0.328 e. The first-order chi connectivity index (χ1) is 12.6. The van der Waals surface area contributed by atoms with Gasteiger partial charge in [-0.3, -0.25) is 4.79 Å². The van der Waals surface area contributed by atoms with Crippen molar-refractivity contribution in [3.8, 4) is 0 Å². The Hall–Kier alpha value is -2.37. The molecule has 0 aromatic heterocycles. The largest absolute Gasteiger partial charge is 0.459 e. The van der Waals surface area contributed by atoms with Crippen LogP contribution < -0.4 is 11.5 Å². The summed E-state index contributed by atoms with van der Waals surface area (Å²) in [5, 5.41) is 0.187. The molecule has 0 bridgehead atoms. The second kappa shape index (κ2) is 9.53. The number of hydrogen-bond donors (Lipinski definition) is 2. The third kappa shape index (κ3) is 6.08. The summed E-state index contributed by atoms with van der Waals surface area (Å²) in [5.41, 5.74) is 12.6. The Balaban J connectivity index is 0.00000176. The van der Waals surface area contributed by atoms with E-state index in [1.807, 2.05) is 19.9 Å². The topological polar surface area (TPSA) is 95.4 Å². The van der Waals surface area contributed by atoms with E-state index in [4.69, 9.17) is 27.8 Å². The molecular weight excluding hydrogens is 364 g/mol. The summed E-state index contributed by atoms with van der Waals surface area (Å²) < 4.78 is 5.27. The fourth-order valence-corrected chi connectivity index (χ4v) is 2.56. The van der Waals surface area contributed by atoms with E-state index in [0.717, 1.165) is 0 Å². The van der Waals surface area contributed by atoms with E-state index < -0.39 is 17.6 Å². The fraction of sp³-hybridized carbons (Fsp3) is 0.333. The number of halogens is 1. The zero-order valence-electron chi connectivity index (χ0n) is 16.4. The van der Waals surface area contributed by atoms with Crippen molar-refractivity contribution in [2.24, 2.45) is 5.73 Å². The molecule has 0 radical (unpaired) electrons. The maximum absolute atomic E-state index is 12.6. The van der Waals surface area contributed by atoms with E-state index >= 15 is 0 Å². The van der Waals surface area contributed by atoms with Crippen molar-refractivity contribution in [3.05, 3.63) is 64.2 Å². The average molecular weight is 391 g/mol. The zero-order chi connectivity index (χ0) is 20.8. The lowest BCUT2D eigenvalue weighted by Gasteiger charge is -2.23. The van der Waals surface area contributed by atoms with Crippen LogP contribution in [0, 0.1) is 0 Å². The molecule has 1 atom stereocenters. The van der Waals surface area contributed by atoms with Gasteiger partial charge in [0.25, 0.3) is 0 Å². The molecule has 6 heteroatoms. The van der Waals surface area contributed by atoms with Crippen molar-refractivity contribution >= 4 is 29.0 Å². The van der Waals surface area contributed by atoms with E-state index in [-0.39, 0.29) is 22.1 Å². The smallest absolute Gasteiger partial charge is 0.328 e. The molecule has 0 heterocycles. The summed E-state index contributed by atoms with van der Waals surface area (Å²) in [4.78, 5) is 24.7. The van der Waals surface area contributed by atoms with Crippen LogP contribution in [-0.4, -0.2) is 17.4 Å². The Morgan fingerprint density at radius 3 is 2.15 bits per heavy atom. The minimum atomic E-state index is -1.09. The number of rotatable bonds is 4. The molecule has 0 spiro atoms. The summed E-state index contributed by atoms with van der Waals surface area (Å²) in [7, 11) is 0. The number of benzene rings is 2. The lowest BCUT2D eigenvalue weighted by atomic mass is 9.98. The van der Waals surface area contributed by atoms with Crippen molar-refractivity contribution < 1.29 is 14.3 Å². The van der Waals surface area contributed by atoms with Gasteiger partial charge in [-0.25, -0.2) is 4.79 Å². The molecule has 0 aliphatic carbocycles. The Morgan fingerprint density at radius 2 is 1.63 bits per heavy atom. The maximum atomic E-state index is 12.6. The summed E-state index contributed by atoms with van der Waals surface area (Å²) >= 11 is 6.25. The van der Waals surface area contributed by atoms with Crippen LogP contribution in [0.5, 0.6) is 0 Å². The number of anilines is 1. The Kier molecular flexibility index (Phi) is 8.00. The molecule has 2 aromatic carbocycles. The molecule has 0 amide bonds. The van der Waals surface area contributed by atoms with Crippen LogP contribution in [0.4, 0.5) is 5.69 Å². The average Bonchev–Trinajstić information content (AvgIpc) is 2.63. The van der Waals surface area contributed by atoms with Crippen LogP contribution in [0.2, 0.25) is 5.02 Å². The molecular formula is C21H27ClN2O3. The van der Waals surface area contributed by atoms with E-state index in [9.17, 15) is 9.59 Å². The highest BCUT2D eigenvalue weighted by Gasteiger charge is 2.26. The summed E-state index contributed by atoms with van der Waals surface area (Å²) in [6, 6.07) is 10.5.